The van der Waals surface area contributed by atoms with Gasteiger partial charge in [-0.25, -0.2) is 0 Å². The van der Waals surface area contributed by atoms with Crippen molar-refractivity contribution in [3.63, 3.8) is 0 Å². The van der Waals surface area contributed by atoms with Crippen molar-refractivity contribution in [2.75, 3.05) is 6.61 Å². The van der Waals surface area contributed by atoms with E-state index in [0.29, 0.717) is 13.0 Å². The Morgan fingerprint density at radius 1 is 0.966 bits per heavy atom. The summed E-state index contributed by atoms with van der Waals surface area (Å²) in [6.45, 7) is 7.23. The molecule has 0 N–H and O–H groups in total. The van der Waals surface area contributed by atoms with Crippen LogP contribution in [-0.2, 0) is 28.9 Å². The van der Waals surface area contributed by atoms with Crippen molar-refractivity contribution in [1.82, 2.24) is 9.55 Å². The Hall–Kier alpha value is -3.14. The van der Waals surface area contributed by atoms with Crippen LogP contribution in [0.4, 0.5) is 0 Å². The molecule has 4 heteroatoms. The minimum absolute atomic E-state index is 0.184. The monoisotopic (exact) mass is 386 g/mol. The van der Waals surface area contributed by atoms with E-state index in [2.05, 4.69) is 58.9 Å². The number of nitrogens with zero attached hydrogens (tertiary/aromatic N) is 2. The highest BCUT2D eigenvalue weighted by molar-refractivity contribution is 6.08. The van der Waals surface area contributed by atoms with Gasteiger partial charge in [0.15, 0.2) is 0 Å². The second-order valence-electron chi connectivity index (χ2n) is 7.56. The molecule has 0 radical (unpaired) electrons. The lowest BCUT2D eigenvalue weighted by molar-refractivity contribution is -0.142. The van der Waals surface area contributed by atoms with Crippen molar-refractivity contribution >= 4 is 27.8 Å². The second-order valence-corrected chi connectivity index (χ2v) is 7.56. The molecule has 29 heavy (non-hydrogen) atoms. The van der Waals surface area contributed by atoms with Crippen molar-refractivity contribution in [3.8, 4) is 0 Å². The summed E-state index contributed by atoms with van der Waals surface area (Å²) in [6.07, 6.45) is 3.16. The number of hydrogen-bond acceptors (Lipinski definition) is 3. The molecule has 0 aliphatic rings. The molecule has 148 valence electrons. The molecule has 0 saturated heterocycles. The predicted octanol–water partition coefficient (Wildman–Crippen LogP) is 5.15. The molecule has 0 spiro atoms. The number of esters is 1. The molecular weight excluding hydrogens is 360 g/mol. The third kappa shape index (κ3) is 4.02. The van der Waals surface area contributed by atoms with Crippen LogP contribution in [0.5, 0.6) is 0 Å². The van der Waals surface area contributed by atoms with Gasteiger partial charge in [0.25, 0.3) is 0 Å². The van der Waals surface area contributed by atoms with E-state index in [1.54, 1.807) is 0 Å². The van der Waals surface area contributed by atoms with Crippen LogP contribution in [0.25, 0.3) is 21.8 Å². The lowest BCUT2D eigenvalue weighted by Crippen LogP contribution is -2.07. The summed E-state index contributed by atoms with van der Waals surface area (Å²) in [5.74, 6) is -0.184. The van der Waals surface area contributed by atoms with E-state index in [-0.39, 0.29) is 5.97 Å². The summed E-state index contributed by atoms with van der Waals surface area (Å²) in [5.41, 5.74) is 6.86. The summed E-state index contributed by atoms with van der Waals surface area (Å²) in [5, 5.41) is 2.48. The second kappa shape index (κ2) is 8.08. The Bertz CT molecular complexity index is 1170. The number of aromatic nitrogens is 2. The highest BCUT2D eigenvalue weighted by Gasteiger charge is 2.13. The van der Waals surface area contributed by atoms with Crippen LogP contribution in [0, 0.1) is 13.8 Å². The molecule has 2 aromatic carbocycles. The van der Waals surface area contributed by atoms with Crippen molar-refractivity contribution < 1.29 is 9.53 Å². The van der Waals surface area contributed by atoms with Crippen LogP contribution in [0.3, 0.4) is 0 Å². The minimum Gasteiger partial charge on any atom is -0.466 e. The highest BCUT2D eigenvalue weighted by Crippen LogP contribution is 2.31. The minimum atomic E-state index is -0.184. The van der Waals surface area contributed by atoms with E-state index < -0.39 is 0 Å². The zero-order valence-corrected chi connectivity index (χ0v) is 17.2. The Labute approximate surface area is 171 Å². The van der Waals surface area contributed by atoms with Crippen molar-refractivity contribution in [2.45, 2.75) is 40.2 Å². The number of pyridine rings is 1. The average Bonchev–Trinajstić information content (AvgIpc) is 3.00. The Morgan fingerprint density at radius 2 is 1.79 bits per heavy atom. The maximum atomic E-state index is 12.0. The lowest BCUT2D eigenvalue weighted by atomic mass is 10.1. The fourth-order valence-electron chi connectivity index (χ4n) is 3.88. The molecule has 4 rings (SSSR count). The van der Waals surface area contributed by atoms with Crippen LogP contribution in [0.15, 0.2) is 54.7 Å². The van der Waals surface area contributed by atoms with Gasteiger partial charge in [0.1, 0.15) is 0 Å². The molecule has 0 amide bonds. The largest absolute Gasteiger partial charge is 0.466 e. The first-order chi connectivity index (χ1) is 14.0. The Morgan fingerprint density at radius 3 is 2.55 bits per heavy atom. The normalized spacial score (nSPS) is 11.3. The maximum absolute atomic E-state index is 12.0. The summed E-state index contributed by atoms with van der Waals surface area (Å²) in [7, 11) is 0. The van der Waals surface area contributed by atoms with E-state index in [4.69, 9.17) is 4.74 Å². The van der Waals surface area contributed by atoms with Gasteiger partial charge in [-0.3, -0.25) is 9.78 Å². The fraction of sp³-hybridized carbons (Fsp3) is 0.280. The molecule has 2 heterocycles. The van der Waals surface area contributed by atoms with Crippen LogP contribution < -0.4 is 0 Å². The summed E-state index contributed by atoms with van der Waals surface area (Å²) in [4.78, 5) is 16.4. The fourth-order valence-corrected chi connectivity index (χ4v) is 3.88. The molecule has 2 aromatic heterocycles. The Kier molecular flexibility index (Phi) is 5.34. The number of hydrogen-bond donors (Lipinski definition) is 0. The number of rotatable bonds is 6. The number of ether oxygens (including phenoxy) is 1. The smallest absolute Gasteiger partial charge is 0.310 e. The Balaban J connectivity index is 1.75. The van der Waals surface area contributed by atoms with E-state index in [9.17, 15) is 4.79 Å². The molecule has 0 saturated carbocycles. The molecular formula is C25H26N2O2. The van der Waals surface area contributed by atoms with Crippen molar-refractivity contribution in [1.29, 1.82) is 0 Å². The van der Waals surface area contributed by atoms with Gasteiger partial charge in [-0.2, -0.15) is 0 Å². The molecule has 0 bridgehead atoms. The van der Waals surface area contributed by atoms with E-state index in [0.717, 1.165) is 29.7 Å². The van der Waals surface area contributed by atoms with Crippen LogP contribution in [0.2, 0.25) is 0 Å². The third-order valence-electron chi connectivity index (χ3n) is 5.34. The van der Waals surface area contributed by atoms with Gasteiger partial charge in [-0.05, 0) is 62.6 Å². The first-order valence-corrected chi connectivity index (χ1v) is 10.1. The summed E-state index contributed by atoms with van der Waals surface area (Å²) in [6, 6.07) is 17.1. The van der Waals surface area contributed by atoms with Gasteiger partial charge in [0, 0.05) is 40.2 Å². The van der Waals surface area contributed by atoms with Crippen molar-refractivity contribution in [3.05, 3.63) is 77.1 Å². The molecule has 0 unspecified atom stereocenters. The highest BCUT2D eigenvalue weighted by atomic mass is 16.5. The SMILES string of the molecule is CCOC(=O)Cc1ccc2c3cc(C)ccc3n(CCc3ccc(C)nc3)c2c1. The number of carbonyl (C=O) groups is 1. The lowest BCUT2D eigenvalue weighted by Gasteiger charge is -2.09. The first kappa shape index (κ1) is 19.2. The standard InChI is InChI=1S/C25H26N2O2/c1-4-29-25(28)15-20-8-9-21-22-13-17(2)5-10-23(22)27(24(21)14-20)12-11-19-7-6-18(3)26-16-19/h5-10,13-14,16H,4,11-12,15H2,1-3H3. The van der Waals surface area contributed by atoms with Gasteiger partial charge in [-0.15, -0.1) is 0 Å². The van der Waals surface area contributed by atoms with Crippen LogP contribution in [-0.4, -0.2) is 22.1 Å². The van der Waals surface area contributed by atoms with Gasteiger partial charge in [0.2, 0.25) is 0 Å². The van der Waals surface area contributed by atoms with Gasteiger partial charge >= 0.3 is 5.97 Å². The number of benzene rings is 2. The van der Waals surface area contributed by atoms with E-state index >= 15 is 0 Å². The van der Waals surface area contributed by atoms with Gasteiger partial charge in [-0.1, -0.05) is 29.8 Å². The predicted molar refractivity (Wildman–Crippen MR) is 117 cm³/mol. The summed E-state index contributed by atoms with van der Waals surface area (Å²) >= 11 is 0. The first-order valence-electron chi connectivity index (χ1n) is 10.1. The van der Waals surface area contributed by atoms with Crippen molar-refractivity contribution in [2.24, 2.45) is 0 Å². The van der Waals surface area contributed by atoms with Crippen LogP contribution in [0.1, 0.15) is 29.3 Å². The van der Waals surface area contributed by atoms with E-state index in [1.807, 2.05) is 26.1 Å². The molecule has 4 nitrogen and oxygen atoms in total. The van der Waals surface area contributed by atoms with Gasteiger partial charge < -0.3 is 9.30 Å². The van der Waals surface area contributed by atoms with Crippen LogP contribution >= 0.6 is 0 Å². The number of fused-ring (bicyclic) bond motifs is 3. The summed E-state index contributed by atoms with van der Waals surface area (Å²) < 4.78 is 7.48. The number of aryl methyl sites for hydroxylation is 4. The molecule has 0 aliphatic heterocycles. The molecule has 4 aromatic rings. The zero-order valence-electron chi connectivity index (χ0n) is 17.2. The number of carbonyl (C=O) groups excluding carboxylic acids is 1. The average molecular weight is 386 g/mol. The molecule has 0 aliphatic carbocycles. The zero-order chi connectivity index (χ0) is 20.4. The maximum Gasteiger partial charge on any atom is 0.310 e. The van der Waals surface area contributed by atoms with E-state index in [1.165, 1.54) is 27.4 Å². The van der Waals surface area contributed by atoms with Gasteiger partial charge in [0.05, 0.1) is 13.0 Å². The quantitative estimate of drug-likeness (QED) is 0.430. The molecule has 0 fully saturated rings. The molecule has 0 atom stereocenters. The topological polar surface area (TPSA) is 44.1 Å². The third-order valence-corrected chi connectivity index (χ3v) is 5.34.